The van der Waals surface area contributed by atoms with Crippen LogP contribution < -0.4 is 33.2 Å². The van der Waals surface area contributed by atoms with E-state index in [-0.39, 0.29) is 36.4 Å². The summed E-state index contributed by atoms with van der Waals surface area (Å²) in [6.45, 7) is 6.08. The minimum atomic E-state index is -0.630. The molecule has 0 bridgehead atoms. The van der Waals surface area contributed by atoms with Crippen LogP contribution in [0.2, 0.25) is 0 Å². The van der Waals surface area contributed by atoms with Crippen molar-refractivity contribution in [2.45, 2.75) is 50.7 Å². The number of likely N-dealkylation sites (tertiary alicyclic amines) is 1. The highest BCUT2D eigenvalue weighted by atomic mass is 16.7. The number of carbonyl (C=O) groups is 2. The van der Waals surface area contributed by atoms with E-state index in [0.717, 1.165) is 43.0 Å². The molecule has 0 spiro atoms. The summed E-state index contributed by atoms with van der Waals surface area (Å²) in [6.07, 6.45) is 13.9. The van der Waals surface area contributed by atoms with Gasteiger partial charge in [-0.25, -0.2) is 0 Å². The number of piperidine rings is 1. The molecule has 3 aromatic carbocycles. The normalized spacial score (nSPS) is 20.5. The lowest BCUT2D eigenvalue weighted by molar-refractivity contribution is -0.126. The maximum Gasteiger partial charge on any atom is 0.246 e. The molecule has 3 aromatic rings. The monoisotopic (exact) mass is 695 g/mol. The molecule has 8 rings (SSSR count). The lowest BCUT2D eigenvalue weighted by Gasteiger charge is -2.39. The maximum atomic E-state index is 13.6. The van der Waals surface area contributed by atoms with E-state index in [4.69, 9.17) is 33.2 Å². The van der Waals surface area contributed by atoms with E-state index in [0.29, 0.717) is 39.9 Å². The van der Waals surface area contributed by atoms with Crippen LogP contribution in [0.3, 0.4) is 0 Å². The summed E-state index contributed by atoms with van der Waals surface area (Å²) >= 11 is 0. The number of phenols is 1. The van der Waals surface area contributed by atoms with Crippen molar-refractivity contribution in [2.75, 3.05) is 40.7 Å². The fourth-order valence-electron chi connectivity index (χ4n) is 6.81. The summed E-state index contributed by atoms with van der Waals surface area (Å²) in [6, 6.07) is 10.7. The fraction of sp³-hybridized carbons (Fsp3) is 0.350. The first kappa shape index (κ1) is 33.9. The number of fused-ring (bicyclic) bond motifs is 7. The molecule has 0 aromatic heterocycles. The maximum absolute atomic E-state index is 13.6. The number of ketones is 1. The Bertz CT molecular complexity index is 1940. The Morgan fingerprint density at radius 2 is 1.69 bits per heavy atom. The highest BCUT2D eigenvalue weighted by Gasteiger charge is 2.46. The van der Waals surface area contributed by atoms with E-state index < -0.39 is 17.6 Å². The number of Topliss-reactive ketones (excluding diaryl/α,β-unsaturated/α-hetero) is 1. The Morgan fingerprint density at radius 1 is 0.922 bits per heavy atom. The van der Waals surface area contributed by atoms with Crippen LogP contribution in [0.15, 0.2) is 60.7 Å². The molecule has 1 fully saturated rings. The molecule has 11 heteroatoms. The lowest BCUT2D eigenvalue weighted by Crippen LogP contribution is -2.43. The summed E-state index contributed by atoms with van der Waals surface area (Å²) in [5.74, 6) is 2.99. The highest BCUT2D eigenvalue weighted by Crippen LogP contribution is 2.52. The number of phenolic OH excluding ortho intramolecular Hbond substituents is 1. The van der Waals surface area contributed by atoms with Crippen molar-refractivity contribution < 1.29 is 47.9 Å². The molecule has 51 heavy (non-hydrogen) atoms. The number of benzene rings is 3. The first-order valence-corrected chi connectivity index (χ1v) is 17.1. The zero-order valence-electron chi connectivity index (χ0n) is 29.1. The average molecular weight is 696 g/mol. The second-order valence-corrected chi connectivity index (χ2v) is 13.3. The van der Waals surface area contributed by atoms with E-state index in [1.807, 2.05) is 61.3 Å². The standard InChI is InChI=1S/C23H22O7.C17H19NO3/c1-23(2)6-5-11-15(30-23)8-13(24)20-21(25)19-12-7-16(26-3)17(27-4)9-14(12)28-10-18(19)29-22(11)20;19-17(18-10-4-1-5-11-18)7-3-2-6-14-8-9-15-16(12-14)21-13-20-15/h5-9,18-19,24H,10H2,1-4H3;2-3,6-9,12H,1,4-5,10-11,13H2. The van der Waals surface area contributed by atoms with Crippen molar-refractivity contribution in [3.05, 3.63) is 83.0 Å². The number of hydrogen-bond donors (Lipinski definition) is 1. The molecule has 5 heterocycles. The number of allylic oxidation sites excluding steroid dienone is 2. The van der Waals surface area contributed by atoms with Crippen LogP contribution in [0.25, 0.3) is 12.2 Å². The molecule has 266 valence electrons. The predicted molar refractivity (Wildman–Crippen MR) is 190 cm³/mol. The summed E-state index contributed by atoms with van der Waals surface area (Å²) in [7, 11) is 3.07. The molecule has 1 N–H and O–H groups in total. The molecule has 11 nitrogen and oxygen atoms in total. The van der Waals surface area contributed by atoms with Crippen LogP contribution in [-0.4, -0.2) is 74.1 Å². The number of hydrogen-bond acceptors (Lipinski definition) is 10. The van der Waals surface area contributed by atoms with Crippen LogP contribution in [0.4, 0.5) is 0 Å². The molecule has 2 unspecified atom stereocenters. The van der Waals surface area contributed by atoms with Gasteiger partial charge in [0.15, 0.2) is 28.8 Å². The zero-order chi connectivity index (χ0) is 35.7. The number of ether oxygens (including phenoxy) is 7. The van der Waals surface area contributed by atoms with Crippen LogP contribution in [-0.2, 0) is 4.79 Å². The summed E-state index contributed by atoms with van der Waals surface area (Å²) in [5, 5.41) is 10.7. The van der Waals surface area contributed by atoms with Crippen LogP contribution >= 0.6 is 0 Å². The molecule has 5 aliphatic heterocycles. The fourth-order valence-corrected chi connectivity index (χ4v) is 6.81. The number of nitrogens with zero attached hydrogens (tertiary/aromatic N) is 1. The van der Waals surface area contributed by atoms with Crippen molar-refractivity contribution in [3.8, 4) is 46.0 Å². The van der Waals surface area contributed by atoms with Gasteiger partial charge < -0.3 is 43.2 Å². The van der Waals surface area contributed by atoms with E-state index in [2.05, 4.69) is 0 Å². The van der Waals surface area contributed by atoms with Crippen LogP contribution in [0, 0.1) is 0 Å². The number of aromatic hydroxyl groups is 1. The minimum absolute atomic E-state index is 0.102. The summed E-state index contributed by atoms with van der Waals surface area (Å²) in [5.41, 5.74) is 1.95. The first-order chi connectivity index (χ1) is 24.7. The number of carbonyl (C=O) groups excluding carboxylic acids is 2. The Balaban J connectivity index is 0.000000170. The topological polar surface area (TPSA) is 122 Å². The van der Waals surface area contributed by atoms with Crippen molar-refractivity contribution in [1.82, 2.24) is 4.90 Å². The minimum Gasteiger partial charge on any atom is -0.507 e. The van der Waals surface area contributed by atoms with E-state index in [1.165, 1.54) is 19.6 Å². The molecule has 0 saturated carbocycles. The molecular formula is C40H41NO10. The van der Waals surface area contributed by atoms with Gasteiger partial charge in [0.25, 0.3) is 0 Å². The summed E-state index contributed by atoms with van der Waals surface area (Å²) in [4.78, 5) is 27.4. The number of amides is 1. The average Bonchev–Trinajstić information content (AvgIpc) is 3.60. The van der Waals surface area contributed by atoms with Gasteiger partial charge in [0, 0.05) is 36.9 Å². The Morgan fingerprint density at radius 3 is 2.47 bits per heavy atom. The molecule has 0 radical (unpaired) electrons. The second kappa shape index (κ2) is 14.0. The van der Waals surface area contributed by atoms with E-state index >= 15 is 0 Å². The predicted octanol–water partition coefficient (Wildman–Crippen LogP) is 6.71. The SMILES string of the molecule is COc1cc2c(cc1OC)C1C(=O)c3c(O)cc4c(c3OC1CO2)C=CC(C)(C)O4.O=C(C=CC=Cc1ccc2c(c1)OCO2)N1CCCCC1. The van der Waals surface area contributed by atoms with Gasteiger partial charge in [-0.2, -0.15) is 0 Å². The Hall–Kier alpha value is -5.58. The third-order valence-corrected chi connectivity index (χ3v) is 9.41. The van der Waals surface area contributed by atoms with Crippen LogP contribution in [0.1, 0.15) is 66.1 Å². The molecular weight excluding hydrogens is 654 g/mol. The molecule has 1 saturated heterocycles. The zero-order valence-corrected chi connectivity index (χ0v) is 29.1. The molecule has 0 aliphatic carbocycles. The van der Waals surface area contributed by atoms with Gasteiger partial charge in [-0.3, -0.25) is 9.59 Å². The third-order valence-electron chi connectivity index (χ3n) is 9.41. The quantitative estimate of drug-likeness (QED) is 0.228. The highest BCUT2D eigenvalue weighted by molar-refractivity contribution is 6.08. The number of rotatable bonds is 5. The Kier molecular flexibility index (Phi) is 9.29. The molecule has 1 amide bonds. The summed E-state index contributed by atoms with van der Waals surface area (Å²) < 4.78 is 39.4. The van der Waals surface area contributed by atoms with Gasteiger partial charge in [-0.15, -0.1) is 0 Å². The van der Waals surface area contributed by atoms with E-state index in [9.17, 15) is 14.7 Å². The van der Waals surface area contributed by atoms with Gasteiger partial charge in [-0.1, -0.05) is 24.3 Å². The second-order valence-electron chi connectivity index (χ2n) is 13.3. The third kappa shape index (κ3) is 6.80. The van der Waals surface area contributed by atoms with Gasteiger partial charge in [0.2, 0.25) is 12.7 Å². The largest absolute Gasteiger partial charge is 0.507 e. The van der Waals surface area contributed by atoms with Crippen molar-refractivity contribution in [1.29, 1.82) is 0 Å². The van der Waals surface area contributed by atoms with Gasteiger partial charge in [-0.05, 0) is 69.0 Å². The van der Waals surface area contributed by atoms with Gasteiger partial charge in [0.1, 0.15) is 46.9 Å². The van der Waals surface area contributed by atoms with Gasteiger partial charge >= 0.3 is 0 Å². The van der Waals surface area contributed by atoms with Crippen LogP contribution in [0.5, 0.6) is 46.0 Å². The van der Waals surface area contributed by atoms with E-state index in [1.54, 1.807) is 31.4 Å². The first-order valence-electron chi connectivity index (χ1n) is 17.1. The van der Waals surface area contributed by atoms with Crippen molar-refractivity contribution in [2.24, 2.45) is 0 Å². The molecule has 2 atom stereocenters. The van der Waals surface area contributed by atoms with Crippen molar-refractivity contribution >= 4 is 23.8 Å². The lowest BCUT2D eigenvalue weighted by atomic mass is 9.80. The van der Waals surface area contributed by atoms with Crippen molar-refractivity contribution in [3.63, 3.8) is 0 Å². The smallest absolute Gasteiger partial charge is 0.246 e. The van der Waals surface area contributed by atoms with Gasteiger partial charge in [0.05, 0.1) is 25.7 Å². The molecule has 5 aliphatic rings. The number of methoxy groups -OCH3 is 2. The Labute approximate surface area is 296 Å².